The van der Waals surface area contributed by atoms with Crippen LogP contribution in [0.3, 0.4) is 0 Å². The van der Waals surface area contributed by atoms with Crippen LogP contribution in [0.2, 0.25) is 0 Å². The number of benzene rings is 1. The molecule has 3 rings (SSSR count). The Kier molecular flexibility index (Phi) is 4.29. The third-order valence-electron chi connectivity index (χ3n) is 3.66. The van der Waals surface area contributed by atoms with Crippen molar-refractivity contribution in [3.63, 3.8) is 0 Å². The van der Waals surface area contributed by atoms with Crippen LogP contribution in [0.5, 0.6) is 5.75 Å². The van der Waals surface area contributed by atoms with E-state index in [2.05, 4.69) is 26.2 Å². The zero-order valence-corrected chi connectivity index (χ0v) is 13.7. The topological polar surface area (TPSA) is 82.5 Å². The zero-order valence-electron chi connectivity index (χ0n) is 12.1. The van der Waals surface area contributed by atoms with Crippen LogP contribution in [0.15, 0.2) is 47.1 Å². The molecule has 0 aliphatic carbocycles. The van der Waals surface area contributed by atoms with Crippen molar-refractivity contribution in [1.82, 2.24) is 4.98 Å². The molecule has 1 saturated heterocycles. The van der Waals surface area contributed by atoms with Crippen molar-refractivity contribution in [2.24, 2.45) is 5.92 Å². The van der Waals surface area contributed by atoms with Gasteiger partial charge in [-0.15, -0.1) is 0 Å². The van der Waals surface area contributed by atoms with Crippen molar-refractivity contribution in [1.29, 1.82) is 0 Å². The van der Waals surface area contributed by atoms with Crippen LogP contribution >= 0.6 is 15.9 Å². The van der Waals surface area contributed by atoms with Gasteiger partial charge in [0.2, 0.25) is 11.8 Å². The number of carbonyl (C=O) groups excluding carboxylic acids is 2. The second kappa shape index (κ2) is 6.37. The van der Waals surface area contributed by atoms with Gasteiger partial charge in [-0.2, -0.15) is 0 Å². The number of amides is 2. The number of hydrogen-bond donors (Lipinski definition) is 2. The number of nitrogens with zero attached hydrogens (tertiary/aromatic N) is 2. The lowest BCUT2D eigenvalue weighted by Gasteiger charge is -2.16. The monoisotopic (exact) mass is 375 g/mol. The second-order valence-corrected chi connectivity index (χ2v) is 6.16. The van der Waals surface area contributed by atoms with Gasteiger partial charge in [-0.1, -0.05) is 15.9 Å². The van der Waals surface area contributed by atoms with E-state index in [0.29, 0.717) is 6.54 Å². The highest BCUT2D eigenvalue weighted by molar-refractivity contribution is 9.10. The molecule has 0 saturated carbocycles. The van der Waals surface area contributed by atoms with Gasteiger partial charge in [0.15, 0.2) is 11.6 Å². The van der Waals surface area contributed by atoms with Crippen molar-refractivity contribution in [3.05, 3.63) is 47.1 Å². The van der Waals surface area contributed by atoms with Gasteiger partial charge < -0.3 is 15.3 Å². The summed E-state index contributed by atoms with van der Waals surface area (Å²) in [6.07, 6.45) is 1.61. The quantitative estimate of drug-likeness (QED) is 0.863. The largest absolute Gasteiger partial charge is 0.504 e. The number of hydrogen-bond acceptors (Lipinski definition) is 4. The van der Waals surface area contributed by atoms with Gasteiger partial charge in [-0.25, -0.2) is 4.98 Å². The number of pyridine rings is 1. The van der Waals surface area contributed by atoms with Gasteiger partial charge in [-0.05, 0) is 36.4 Å². The summed E-state index contributed by atoms with van der Waals surface area (Å²) in [7, 11) is 0. The third kappa shape index (κ3) is 3.34. The number of anilines is 2. The van der Waals surface area contributed by atoms with E-state index in [1.165, 1.54) is 12.3 Å². The van der Waals surface area contributed by atoms with E-state index in [-0.39, 0.29) is 29.8 Å². The van der Waals surface area contributed by atoms with Gasteiger partial charge in [0, 0.05) is 29.3 Å². The van der Waals surface area contributed by atoms with Crippen LogP contribution in [0.1, 0.15) is 6.42 Å². The van der Waals surface area contributed by atoms with Crippen molar-refractivity contribution in [2.75, 3.05) is 16.8 Å². The fraction of sp³-hybridized carbons (Fsp3) is 0.188. The predicted octanol–water partition coefficient (Wildman–Crippen LogP) is 2.54. The second-order valence-electron chi connectivity index (χ2n) is 5.24. The number of rotatable bonds is 3. The molecule has 0 bridgehead atoms. The van der Waals surface area contributed by atoms with Gasteiger partial charge in [0.1, 0.15) is 0 Å². The minimum Gasteiger partial charge on any atom is -0.504 e. The maximum Gasteiger partial charge on any atom is 0.231 e. The van der Waals surface area contributed by atoms with E-state index in [9.17, 15) is 14.7 Å². The van der Waals surface area contributed by atoms with E-state index < -0.39 is 5.92 Å². The number of aromatic hydroxyl groups is 1. The summed E-state index contributed by atoms with van der Waals surface area (Å²) in [5.74, 6) is -0.904. The molecule has 7 heteroatoms. The Balaban J connectivity index is 1.71. The van der Waals surface area contributed by atoms with E-state index in [0.717, 1.165) is 10.2 Å². The van der Waals surface area contributed by atoms with Gasteiger partial charge in [-0.3, -0.25) is 9.59 Å². The van der Waals surface area contributed by atoms with E-state index in [1.54, 1.807) is 11.0 Å². The zero-order chi connectivity index (χ0) is 16.4. The van der Waals surface area contributed by atoms with Crippen LogP contribution in [0.4, 0.5) is 11.5 Å². The van der Waals surface area contributed by atoms with Gasteiger partial charge in [0.25, 0.3) is 0 Å². The Labute approximate surface area is 141 Å². The molecule has 1 atom stereocenters. The number of nitrogens with one attached hydrogen (secondary N) is 1. The molecule has 0 spiro atoms. The Hall–Kier alpha value is -2.41. The van der Waals surface area contributed by atoms with Crippen molar-refractivity contribution >= 4 is 39.2 Å². The van der Waals surface area contributed by atoms with E-state index in [4.69, 9.17) is 0 Å². The summed E-state index contributed by atoms with van der Waals surface area (Å²) < 4.78 is 0.924. The molecule has 2 heterocycles. The molecule has 118 valence electrons. The Morgan fingerprint density at radius 2 is 2.04 bits per heavy atom. The molecule has 1 aliphatic heterocycles. The highest BCUT2D eigenvalue weighted by Crippen LogP contribution is 2.28. The smallest absolute Gasteiger partial charge is 0.231 e. The summed E-state index contributed by atoms with van der Waals surface area (Å²) in [4.78, 5) is 30.0. The molecule has 6 nitrogen and oxygen atoms in total. The lowest BCUT2D eigenvalue weighted by atomic mass is 10.1. The molecule has 1 fully saturated rings. The molecule has 1 aromatic heterocycles. The average molecular weight is 376 g/mol. The molecular weight excluding hydrogens is 362 g/mol. The molecule has 2 N–H and O–H groups in total. The first-order valence-electron chi connectivity index (χ1n) is 7.05. The van der Waals surface area contributed by atoms with Gasteiger partial charge >= 0.3 is 0 Å². The molecule has 2 aromatic rings. The van der Waals surface area contributed by atoms with Crippen molar-refractivity contribution in [3.8, 4) is 5.75 Å². The lowest BCUT2D eigenvalue weighted by Crippen LogP contribution is -2.28. The third-order valence-corrected chi connectivity index (χ3v) is 4.19. The lowest BCUT2D eigenvalue weighted by molar-refractivity contribution is -0.122. The molecule has 2 amide bonds. The maximum atomic E-state index is 12.3. The summed E-state index contributed by atoms with van der Waals surface area (Å²) in [5.41, 5.74) is 0.759. The van der Waals surface area contributed by atoms with E-state index in [1.807, 2.05) is 24.3 Å². The first kappa shape index (κ1) is 15.5. The van der Waals surface area contributed by atoms with Crippen LogP contribution in [0.25, 0.3) is 0 Å². The van der Waals surface area contributed by atoms with Crippen LogP contribution < -0.4 is 10.2 Å². The van der Waals surface area contributed by atoms with Crippen molar-refractivity contribution < 1.29 is 14.7 Å². The average Bonchev–Trinajstić information content (AvgIpc) is 2.92. The molecule has 1 aromatic carbocycles. The summed E-state index contributed by atoms with van der Waals surface area (Å²) in [6, 6.07) is 10.4. The van der Waals surface area contributed by atoms with Crippen LogP contribution in [-0.2, 0) is 9.59 Å². The normalized spacial score (nSPS) is 17.3. The summed E-state index contributed by atoms with van der Waals surface area (Å²) in [6.45, 7) is 0.305. The molecule has 23 heavy (non-hydrogen) atoms. The molecule has 1 unspecified atom stereocenters. The molecule has 1 aliphatic rings. The Bertz CT molecular complexity index is 748. The standard InChI is InChI=1S/C16H14BrN3O3/c17-11-3-5-12(6-4-11)20-9-10(8-14(20)22)16(23)19-15-13(21)2-1-7-18-15/h1-7,10,21H,8-9H2,(H,18,19,23). The summed E-state index contributed by atoms with van der Waals surface area (Å²) >= 11 is 3.35. The van der Waals surface area contributed by atoms with Crippen molar-refractivity contribution in [2.45, 2.75) is 6.42 Å². The first-order valence-corrected chi connectivity index (χ1v) is 7.84. The minimum absolute atomic E-state index is 0.0993. The number of halogens is 1. The predicted molar refractivity (Wildman–Crippen MR) is 89.1 cm³/mol. The fourth-order valence-electron chi connectivity index (χ4n) is 2.47. The first-order chi connectivity index (χ1) is 11.0. The fourth-order valence-corrected chi connectivity index (χ4v) is 2.73. The van der Waals surface area contributed by atoms with Crippen LogP contribution in [-0.4, -0.2) is 28.4 Å². The van der Waals surface area contributed by atoms with E-state index >= 15 is 0 Å². The van der Waals surface area contributed by atoms with Crippen LogP contribution in [0, 0.1) is 5.92 Å². The Morgan fingerprint density at radius 1 is 1.30 bits per heavy atom. The number of aromatic nitrogens is 1. The minimum atomic E-state index is -0.479. The SMILES string of the molecule is O=C(Nc1ncccc1O)C1CC(=O)N(c2ccc(Br)cc2)C1. The highest BCUT2D eigenvalue weighted by Gasteiger charge is 2.35. The van der Waals surface area contributed by atoms with Gasteiger partial charge in [0.05, 0.1) is 5.92 Å². The summed E-state index contributed by atoms with van der Waals surface area (Å²) in [5, 5.41) is 12.2. The molecule has 0 radical (unpaired) electrons. The number of carbonyl (C=O) groups is 2. The Morgan fingerprint density at radius 3 is 2.74 bits per heavy atom. The highest BCUT2D eigenvalue weighted by atomic mass is 79.9. The molecular formula is C16H14BrN3O3. The maximum absolute atomic E-state index is 12.3.